The lowest BCUT2D eigenvalue weighted by molar-refractivity contribution is -0.104. The van der Waals surface area contributed by atoms with Crippen molar-refractivity contribution in [2.75, 3.05) is 0 Å². The number of fused-ring (bicyclic) bond motifs is 3. The number of aryl methyl sites for hydroxylation is 3. The SMILES string of the molecule is C/C=C\CC.C=CC.CC.CC.CCc1c(C(=O)C=O)c2c(OC(=O)O)cc3c(c2n1C)CCCC3. The fourth-order valence-corrected chi connectivity index (χ4v) is 4.06. The molecular formula is C30H47NO5. The van der Waals surface area contributed by atoms with Gasteiger partial charge in [0.2, 0.25) is 5.78 Å². The van der Waals surface area contributed by atoms with Gasteiger partial charge in [-0.3, -0.25) is 9.59 Å². The summed E-state index contributed by atoms with van der Waals surface area (Å²) in [6, 6.07) is 1.71. The molecule has 0 bridgehead atoms. The van der Waals surface area contributed by atoms with Gasteiger partial charge in [0.15, 0.2) is 6.29 Å². The third-order valence-corrected chi connectivity index (χ3v) is 5.22. The van der Waals surface area contributed by atoms with E-state index in [-0.39, 0.29) is 17.6 Å². The Bertz CT molecular complexity index is 999. The molecule has 1 aliphatic rings. The second-order valence-electron chi connectivity index (χ2n) is 7.41. The monoisotopic (exact) mass is 501 g/mol. The number of allylic oxidation sites excluding steroid dienone is 3. The summed E-state index contributed by atoms with van der Waals surface area (Å²) in [4.78, 5) is 34.5. The molecule has 0 spiro atoms. The van der Waals surface area contributed by atoms with Crippen LogP contribution < -0.4 is 4.74 Å². The summed E-state index contributed by atoms with van der Waals surface area (Å²) in [5, 5.41) is 9.51. The second kappa shape index (κ2) is 20.1. The molecule has 0 fully saturated rings. The third-order valence-electron chi connectivity index (χ3n) is 5.22. The maximum Gasteiger partial charge on any atom is 0.511 e. The zero-order chi connectivity index (χ0) is 28.3. The van der Waals surface area contributed by atoms with E-state index in [1.807, 2.05) is 60.1 Å². The van der Waals surface area contributed by atoms with Crippen molar-refractivity contribution >= 4 is 29.1 Å². The van der Waals surface area contributed by atoms with Crippen molar-refractivity contribution in [1.29, 1.82) is 0 Å². The number of aromatic nitrogens is 1. The molecule has 1 N–H and O–H groups in total. The summed E-state index contributed by atoms with van der Waals surface area (Å²) in [5.74, 6) is -0.512. The summed E-state index contributed by atoms with van der Waals surface area (Å²) in [7, 11) is 1.85. The first-order chi connectivity index (χ1) is 17.3. The van der Waals surface area contributed by atoms with Gasteiger partial charge in [0.1, 0.15) is 5.75 Å². The highest BCUT2D eigenvalue weighted by Crippen LogP contribution is 2.40. The lowest BCUT2D eigenvalue weighted by Gasteiger charge is -2.19. The zero-order valence-corrected chi connectivity index (χ0v) is 23.9. The smallest absolute Gasteiger partial charge is 0.449 e. The van der Waals surface area contributed by atoms with Crippen LogP contribution in [-0.4, -0.2) is 27.9 Å². The number of Topliss-reactive ketones (excluding diaryl/α,β-unsaturated/α-hetero) is 1. The molecule has 0 unspecified atom stereocenters. The number of carbonyl (C=O) groups is 3. The summed E-state index contributed by atoms with van der Waals surface area (Å²) in [5.41, 5.74) is 3.96. The fraction of sp³-hybridized carbons (Fsp3) is 0.500. The van der Waals surface area contributed by atoms with E-state index < -0.39 is 11.9 Å². The molecule has 36 heavy (non-hydrogen) atoms. The van der Waals surface area contributed by atoms with E-state index in [9.17, 15) is 14.4 Å². The van der Waals surface area contributed by atoms with Crippen molar-refractivity contribution in [2.24, 2.45) is 7.05 Å². The first-order valence-electron chi connectivity index (χ1n) is 13.1. The Morgan fingerprint density at radius 2 is 1.67 bits per heavy atom. The first-order valence-corrected chi connectivity index (χ1v) is 13.1. The molecule has 2 aromatic rings. The van der Waals surface area contributed by atoms with E-state index >= 15 is 0 Å². The zero-order valence-electron chi connectivity index (χ0n) is 23.9. The number of hydrogen-bond donors (Lipinski definition) is 1. The van der Waals surface area contributed by atoms with E-state index in [0.29, 0.717) is 11.8 Å². The van der Waals surface area contributed by atoms with Gasteiger partial charge >= 0.3 is 6.16 Å². The number of ketones is 1. The quantitative estimate of drug-likeness (QED) is 0.111. The molecule has 0 saturated carbocycles. The molecule has 1 aromatic carbocycles. The Hall–Kier alpha value is -3.15. The maximum absolute atomic E-state index is 12.2. The predicted octanol–water partition coefficient (Wildman–Crippen LogP) is 8.28. The van der Waals surface area contributed by atoms with Crippen LogP contribution in [0.5, 0.6) is 5.75 Å². The molecule has 1 aromatic heterocycles. The highest BCUT2D eigenvalue weighted by Gasteiger charge is 2.28. The first kappa shape index (κ1) is 35.0. The summed E-state index contributed by atoms with van der Waals surface area (Å²) in [6.07, 6.45) is 10.3. The number of hydrogen-bond acceptors (Lipinski definition) is 4. The number of nitrogens with zero attached hydrogens (tertiary/aromatic N) is 1. The minimum absolute atomic E-state index is 0.138. The Labute approximate surface area is 218 Å². The highest BCUT2D eigenvalue weighted by molar-refractivity contribution is 6.37. The van der Waals surface area contributed by atoms with Gasteiger partial charge in [-0.2, -0.15) is 0 Å². The largest absolute Gasteiger partial charge is 0.511 e. The van der Waals surface area contributed by atoms with Gasteiger partial charge in [-0.05, 0) is 69.6 Å². The topological polar surface area (TPSA) is 85.6 Å². The van der Waals surface area contributed by atoms with Crippen LogP contribution in [0.3, 0.4) is 0 Å². The van der Waals surface area contributed by atoms with Crippen LogP contribution in [-0.2, 0) is 31.1 Å². The molecule has 202 valence electrons. The molecule has 0 atom stereocenters. The van der Waals surface area contributed by atoms with Gasteiger partial charge in [-0.25, -0.2) is 4.79 Å². The molecule has 6 heteroatoms. The Kier molecular flexibility index (Phi) is 19.5. The van der Waals surface area contributed by atoms with E-state index in [1.165, 1.54) is 0 Å². The molecular weight excluding hydrogens is 454 g/mol. The lowest BCUT2D eigenvalue weighted by Crippen LogP contribution is -2.09. The fourth-order valence-electron chi connectivity index (χ4n) is 4.06. The van der Waals surface area contributed by atoms with Crippen molar-refractivity contribution in [3.8, 4) is 5.75 Å². The number of carboxylic acid groups (broad SMARTS) is 1. The van der Waals surface area contributed by atoms with Gasteiger partial charge in [-0.15, -0.1) is 6.58 Å². The Balaban J connectivity index is 0. The van der Waals surface area contributed by atoms with Gasteiger partial charge in [0.25, 0.3) is 0 Å². The van der Waals surface area contributed by atoms with E-state index in [0.717, 1.165) is 54.4 Å². The van der Waals surface area contributed by atoms with Crippen molar-refractivity contribution in [3.05, 3.63) is 53.3 Å². The number of rotatable bonds is 5. The molecule has 0 aliphatic heterocycles. The van der Waals surface area contributed by atoms with Crippen LogP contribution in [0, 0.1) is 0 Å². The van der Waals surface area contributed by atoms with E-state index in [1.54, 1.807) is 12.1 Å². The molecule has 0 radical (unpaired) electrons. The van der Waals surface area contributed by atoms with Gasteiger partial charge in [0.05, 0.1) is 16.5 Å². The van der Waals surface area contributed by atoms with Crippen LogP contribution in [0.25, 0.3) is 10.9 Å². The highest BCUT2D eigenvalue weighted by atomic mass is 16.7. The minimum atomic E-state index is -1.43. The van der Waals surface area contributed by atoms with Gasteiger partial charge < -0.3 is 14.4 Å². The van der Waals surface area contributed by atoms with Crippen LogP contribution in [0.2, 0.25) is 0 Å². The predicted molar refractivity (Wildman–Crippen MR) is 152 cm³/mol. The maximum atomic E-state index is 12.2. The Morgan fingerprint density at radius 3 is 2.08 bits per heavy atom. The standard InChI is InChI=1S/C18H19NO5.C5H10.C3H6.2C2H6/c1-3-12-15(13(21)9-20)16-14(24-18(22)23)8-10-6-4-5-7-11(10)17(16)19(12)2;1-3-5-4-2;1-3-2;2*1-2/h8-9H,3-7H2,1-2H3,(H,22,23);3,5H,4H2,1-2H3;3H,1H2,2H3;2*1-2H3/b;5-3-;;;. The lowest BCUT2D eigenvalue weighted by atomic mass is 9.89. The van der Waals surface area contributed by atoms with Crippen LogP contribution in [0.4, 0.5) is 4.79 Å². The Morgan fingerprint density at radius 1 is 1.11 bits per heavy atom. The normalized spacial score (nSPS) is 11.1. The molecule has 1 heterocycles. The number of benzene rings is 1. The number of aldehydes is 1. The molecule has 3 rings (SSSR count). The third kappa shape index (κ3) is 9.48. The summed E-state index contributed by atoms with van der Waals surface area (Å²) < 4.78 is 6.88. The molecule has 6 nitrogen and oxygen atoms in total. The summed E-state index contributed by atoms with van der Waals surface area (Å²) in [6.45, 7) is 19.3. The van der Waals surface area contributed by atoms with Crippen molar-refractivity contribution in [2.45, 2.75) is 93.9 Å². The minimum Gasteiger partial charge on any atom is -0.449 e. The van der Waals surface area contributed by atoms with Crippen LogP contribution in [0.15, 0.2) is 30.9 Å². The average molecular weight is 502 g/mol. The van der Waals surface area contributed by atoms with Crippen molar-refractivity contribution in [3.63, 3.8) is 0 Å². The number of ether oxygens (including phenoxy) is 1. The van der Waals surface area contributed by atoms with E-state index in [2.05, 4.69) is 25.7 Å². The van der Waals surface area contributed by atoms with Gasteiger partial charge in [0, 0.05) is 12.7 Å². The molecule has 0 saturated heterocycles. The number of carbonyl (C=O) groups excluding carboxylic acids is 2. The van der Waals surface area contributed by atoms with E-state index in [4.69, 9.17) is 9.84 Å². The average Bonchev–Trinajstić information content (AvgIpc) is 3.20. The van der Waals surface area contributed by atoms with Gasteiger partial charge in [-0.1, -0.05) is 59.8 Å². The van der Waals surface area contributed by atoms with Crippen LogP contribution >= 0.6 is 0 Å². The van der Waals surface area contributed by atoms with Crippen molar-refractivity contribution < 1.29 is 24.2 Å². The second-order valence-corrected chi connectivity index (χ2v) is 7.41. The summed E-state index contributed by atoms with van der Waals surface area (Å²) >= 11 is 0. The van der Waals surface area contributed by atoms with Crippen molar-refractivity contribution in [1.82, 2.24) is 4.57 Å². The molecule has 0 amide bonds. The molecule has 1 aliphatic carbocycles. The van der Waals surface area contributed by atoms with Crippen LogP contribution in [0.1, 0.15) is 102 Å².